The number of aliphatic hydroxyl groups is 1. The fourth-order valence-corrected chi connectivity index (χ4v) is 2.98. The Morgan fingerprint density at radius 1 is 1.56 bits per heavy atom. The Morgan fingerprint density at radius 2 is 2.39 bits per heavy atom. The van der Waals surface area contributed by atoms with Gasteiger partial charge in [0, 0.05) is 32.3 Å². The lowest BCUT2D eigenvalue weighted by atomic mass is 10.1. The van der Waals surface area contributed by atoms with Crippen LogP contribution in [0.3, 0.4) is 0 Å². The average Bonchev–Trinajstić information content (AvgIpc) is 2.85. The summed E-state index contributed by atoms with van der Waals surface area (Å²) in [6.45, 7) is 2.60. The molecule has 2 heterocycles. The number of hydrogen-bond acceptors (Lipinski definition) is 4. The van der Waals surface area contributed by atoms with Crippen molar-refractivity contribution in [2.24, 2.45) is 0 Å². The van der Waals surface area contributed by atoms with Crippen LogP contribution in [0.5, 0.6) is 0 Å². The fourth-order valence-electron chi connectivity index (χ4n) is 2.31. The lowest BCUT2D eigenvalue weighted by molar-refractivity contribution is -0.133. The molecule has 0 saturated carbocycles. The molecule has 1 N–H and O–H groups in total. The highest BCUT2D eigenvalue weighted by Gasteiger charge is 2.26. The number of thiophene rings is 1. The largest absolute Gasteiger partial charge is 0.396 e. The molecule has 100 valence electrons. The van der Waals surface area contributed by atoms with Gasteiger partial charge in [0.15, 0.2) is 0 Å². The molecule has 0 unspecified atom stereocenters. The van der Waals surface area contributed by atoms with E-state index in [2.05, 4.69) is 11.9 Å². The van der Waals surface area contributed by atoms with Crippen LogP contribution in [0, 0.1) is 0 Å². The van der Waals surface area contributed by atoms with Gasteiger partial charge in [-0.15, -0.1) is 0 Å². The van der Waals surface area contributed by atoms with E-state index in [9.17, 15) is 4.79 Å². The number of piperazine rings is 1. The number of rotatable bonds is 4. The van der Waals surface area contributed by atoms with E-state index in [1.54, 1.807) is 11.3 Å². The van der Waals surface area contributed by atoms with Crippen LogP contribution in [0.15, 0.2) is 16.8 Å². The third-order valence-corrected chi connectivity index (χ3v) is 4.26. The second-order valence-electron chi connectivity index (χ2n) is 4.79. The van der Waals surface area contributed by atoms with E-state index < -0.39 is 0 Å². The summed E-state index contributed by atoms with van der Waals surface area (Å²) in [6, 6.07) is 2.29. The van der Waals surface area contributed by atoms with Gasteiger partial charge >= 0.3 is 0 Å². The first-order valence-electron chi connectivity index (χ1n) is 6.30. The molecule has 1 amide bonds. The normalized spacial score (nSPS) is 21.2. The molecule has 1 atom stereocenters. The fraction of sp³-hybridized carbons (Fsp3) is 0.615. The number of likely N-dealkylation sites (N-methyl/N-ethyl adjacent to an activating group) is 1. The van der Waals surface area contributed by atoms with Gasteiger partial charge in [0.2, 0.25) is 5.91 Å². The third-order valence-electron chi connectivity index (χ3n) is 3.53. The second kappa shape index (κ2) is 6.31. The second-order valence-corrected chi connectivity index (χ2v) is 5.57. The smallest absolute Gasteiger partial charge is 0.227 e. The summed E-state index contributed by atoms with van der Waals surface area (Å²) in [5.74, 6) is 0.199. The Morgan fingerprint density at radius 3 is 3.06 bits per heavy atom. The topological polar surface area (TPSA) is 43.8 Å². The number of carbonyl (C=O) groups excluding carboxylic acids is 1. The van der Waals surface area contributed by atoms with Crippen molar-refractivity contribution in [3.8, 4) is 0 Å². The Kier molecular flexibility index (Phi) is 4.74. The molecule has 1 aliphatic rings. The molecule has 1 aromatic rings. The molecule has 0 aliphatic carbocycles. The number of carbonyl (C=O) groups is 1. The van der Waals surface area contributed by atoms with Gasteiger partial charge < -0.3 is 10.0 Å². The van der Waals surface area contributed by atoms with Crippen LogP contribution >= 0.6 is 11.3 Å². The van der Waals surface area contributed by atoms with E-state index in [1.807, 2.05) is 21.7 Å². The maximum Gasteiger partial charge on any atom is 0.227 e. The van der Waals surface area contributed by atoms with E-state index >= 15 is 0 Å². The minimum atomic E-state index is 0.182. The summed E-state index contributed by atoms with van der Waals surface area (Å²) < 4.78 is 0. The number of aliphatic hydroxyl groups excluding tert-OH is 1. The molecule has 1 saturated heterocycles. The van der Waals surface area contributed by atoms with Gasteiger partial charge in [0.05, 0.1) is 6.42 Å². The molecule has 18 heavy (non-hydrogen) atoms. The van der Waals surface area contributed by atoms with Gasteiger partial charge in [-0.25, -0.2) is 0 Å². The predicted octanol–water partition coefficient (Wildman–Crippen LogP) is 0.816. The molecular weight excluding hydrogens is 248 g/mol. The zero-order chi connectivity index (χ0) is 13.0. The van der Waals surface area contributed by atoms with E-state index in [0.29, 0.717) is 6.42 Å². The molecule has 0 radical (unpaired) electrons. The van der Waals surface area contributed by atoms with E-state index in [0.717, 1.165) is 31.6 Å². The number of hydrogen-bond donors (Lipinski definition) is 1. The van der Waals surface area contributed by atoms with E-state index in [1.165, 1.54) is 0 Å². The zero-order valence-corrected chi connectivity index (χ0v) is 11.5. The van der Waals surface area contributed by atoms with Crippen LogP contribution < -0.4 is 0 Å². The van der Waals surface area contributed by atoms with Crippen molar-refractivity contribution < 1.29 is 9.90 Å². The summed E-state index contributed by atoms with van der Waals surface area (Å²) >= 11 is 1.63. The first-order chi connectivity index (χ1) is 8.70. The summed E-state index contributed by atoms with van der Waals surface area (Å²) in [5.41, 5.74) is 1.10. The molecule has 1 aliphatic heterocycles. The monoisotopic (exact) mass is 268 g/mol. The maximum atomic E-state index is 12.2. The van der Waals surface area contributed by atoms with Gasteiger partial charge in [-0.1, -0.05) is 0 Å². The van der Waals surface area contributed by atoms with Crippen LogP contribution in [-0.4, -0.2) is 60.1 Å². The minimum absolute atomic E-state index is 0.182. The van der Waals surface area contributed by atoms with Gasteiger partial charge in [-0.3, -0.25) is 9.69 Å². The van der Waals surface area contributed by atoms with Crippen LogP contribution in [0.4, 0.5) is 0 Å². The van der Waals surface area contributed by atoms with Crippen molar-refractivity contribution in [2.75, 3.05) is 33.3 Å². The van der Waals surface area contributed by atoms with Crippen molar-refractivity contribution in [3.05, 3.63) is 22.4 Å². The van der Waals surface area contributed by atoms with Gasteiger partial charge in [-0.2, -0.15) is 11.3 Å². The van der Waals surface area contributed by atoms with Crippen LogP contribution in [0.1, 0.15) is 12.0 Å². The highest BCUT2D eigenvalue weighted by Crippen LogP contribution is 2.13. The van der Waals surface area contributed by atoms with Crippen molar-refractivity contribution in [3.63, 3.8) is 0 Å². The van der Waals surface area contributed by atoms with Crippen molar-refractivity contribution in [1.29, 1.82) is 0 Å². The Balaban J connectivity index is 1.90. The Hall–Kier alpha value is -0.910. The first kappa shape index (κ1) is 13.5. The average molecular weight is 268 g/mol. The summed E-state index contributed by atoms with van der Waals surface area (Å²) in [5, 5.41) is 13.1. The quantitative estimate of drug-likeness (QED) is 0.879. The van der Waals surface area contributed by atoms with Crippen molar-refractivity contribution in [2.45, 2.75) is 18.9 Å². The molecule has 5 heteroatoms. The summed E-state index contributed by atoms with van der Waals surface area (Å²) in [6.07, 6.45) is 1.23. The lowest BCUT2D eigenvalue weighted by Crippen LogP contribution is -2.53. The van der Waals surface area contributed by atoms with Gasteiger partial charge in [0.1, 0.15) is 0 Å². The third kappa shape index (κ3) is 3.31. The Bertz CT molecular complexity index is 380. The van der Waals surface area contributed by atoms with Gasteiger partial charge in [0.25, 0.3) is 0 Å². The van der Waals surface area contributed by atoms with Crippen LogP contribution in [0.2, 0.25) is 0 Å². The molecule has 1 fully saturated rings. The maximum absolute atomic E-state index is 12.2. The highest BCUT2D eigenvalue weighted by molar-refractivity contribution is 7.07. The van der Waals surface area contributed by atoms with Crippen LogP contribution in [-0.2, 0) is 11.2 Å². The highest BCUT2D eigenvalue weighted by atomic mass is 32.1. The summed E-state index contributed by atoms with van der Waals surface area (Å²) in [4.78, 5) is 16.3. The SMILES string of the molecule is CN1CCN(C(=O)Cc2ccsc2)C[C@@H]1CCO. The van der Waals surface area contributed by atoms with Crippen molar-refractivity contribution >= 4 is 17.2 Å². The first-order valence-corrected chi connectivity index (χ1v) is 7.25. The molecule has 0 aromatic carbocycles. The molecule has 2 rings (SSSR count). The standard InChI is InChI=1S/C13H20N2O2S/c1-14-4-5-15(9-12(14)2-6-16)13(17)8-11-3-7-18-10-11/h3,7,10,12,16H,2,4-6,8-9H2,1H3/t12-/m0/s1. The number of amides is 1. The predicted molar refractivity (Wildman–Crippen MR) is 72.7 cm³/mol. The molecule has 4 nitrogen and oxygen atoms in total. The zero-order valence-electron chi connectivity index (χ0n) is 10.7. The Labute approximate surface area is 112 Å². The van der Waals surface area contributed by atoms with Crippen LogP contribution in [0.25, 0.3) is 0 Å². The van der Waals surface area contributed by atoms with E-state index in [-0.39, 0.29) is 18.6 Å². The molecule has 0 spiro atoms. The summed E-state index contributed by atoms with van der Waals surface area (Å²) in [7, 11) is 2.06. The molecule has 1 aromatic heterocycles. The van der Waals surface area contributed by atoms with Crippen molar-refractivity contribution in [1.82, 2.24) is 9.80 Å². The lowest BCUT2D eigenvalue weighted by Gasteiger charge is -2.39. The van der Waals surface area contributed by atoms with Gasteiger partial charge in [-0.05, 0) is 35.9 Å². The molecule has 0 bridgehead atoms. The molecular formula is C13H20N2O2S. The minimum Gasteiger partial charge on any atom is -0.396 e. The number of nitrogens with zero attached hydrogens (tertiary/aromatic N) is 2. The van der Waals surface area contributed by atoms with E-state index in [4.69, 9.17) is 5.11 Å².